The molecule has 24 heavy (non-hydrogen) atoms. The van der Waals surface area contributed by atoms with Crippen LogP contribution in [0.3, 0.4) is 0 Å². The summed E-state index contributed by atoms with van der Waals surface area (Å²) in [4.78, 5) is 15.6. The van der Waals surface area contributed by atoms with Crippen LogP contribution >= 0.6 is 0 Å². The number of carbonyl (C=O) groups excluding carboxylic acids is 1. The second-order valence-corrected chi connectivity index (χ2v) is 6.75. The van der Waals surface area contributed by atoms with Crippen molar-refractivity contribution < 1.29 is 29.1 Å². The standard InChI is InChI=1S/C16H24BNO6/c1-6-22-14(21)13(20)12(19)11-8-7-10(9-18-11)17-23-15(2,3)16(4,5)24-17/h7-9,12-13,19-20H,6H2,1-5H3. The third-order valence-corrected chi connectivity index (χ3v) is 4.46. The number of aliphatic hydroxyl groups excluding tert-OH is 2. The third kappa shape index (κ3) is 3.61. The van der Waals surface area contributed by atoms with Crippen molar-refractivity contribution in [1.29, 1.82) is 0 Å². The van der Waals surface area contributed by atoms with Gasteiger partial charge in [-0.2, -0.15) is 0 Å². The molecule has 1 fully saturated rings. The minimum atomic E-state index is -1.68. The van der Waals surface area contributed by atoms with E-state index in [1.807, 2.05) is 27.7 Å². The van der Waals surface area contributed by atoms with Gasteiger partial charge in [-0.1, -0.05) is 6.07 Å². The summed E-state index contributed by atoms with van der Waals surface area (Å²) in [5.74, 6) is -0.887. The van der Waals surface area contributed by atoms with Crippen molar-refractivity contribution in [3.05, 3.63) is 24.0 Å². The molecule has 0 amide bonds. The number of ether oxygens (including phenoxy) is 1. The zero-order valence-electron chi connectivity index (χ0n) is 14.6. The first kappa shape index (κ1) is 18.9. The smallest absolute Gasteiger partial charge is 0.464 e. The first-order valence-electron chi connectivity index (χ1n) is 7.93. The maximum Gasteiger partial charge on any atom is 0.496 e. The maximum atomic E-state index is 11.5. The third-order valence-electron chi connectivity index (χ3n) is 4.46. The lowest BCUT2D eigenvalue weighted by Gasteiger charge is -2.32. The van der Waals surface area contributed by atoms with Crippen molar-refractivity contribution in [2.24, 2.45) is 0 Å². The molecule has 1 saturated heterocycles. The van der Waals surface area contributed by atoms with Crippen molar-refractivity contribution >= 4 is 18.6 Å². The summed E-state index contributed by atoms with van der Waals surface area (Å²) in [5.41, 5.74) is -0.0719. The summed E-state index contributed by atoms with van der Waals surface area (Å²) >= 11 is 0. The van der Waals surface area contributed by atoms with Crippen molar-refractivity contribution in [1.82, 2.24) is 4.98 Å². The molecule has 1 aliphatic rings. The van der Waals surface area contributed by atoms with Crippen LogP contribution in [0.2, 0.25) is 0 Å². The molecule has 0 aliphatic carbocycles. The van der Waals surface area contributed by atoms with Gasteiger partial charge in [-0.25, -0.2) is 4.79 Å². The molecular weight excluding hydrogens is 313 g/mol. The topological polar surface area (TPSA) is 98.1 Å². The molecule has 2 atom stereocenters. The highest BCUT2D eigenvalue weighted by Crippen LogP contribution is 2.36. The molecule has 2 rings (SSSR count). The summed E-state index contributed by atoms with van der Waals surface area (Å²) in [7, 11) is -0.566. The van der Waals surface area contributed by atoms with Gasteiger partial charge in [0.1, 0.15) is 6.10 Å². The van der Waals surface area contributed by atoms with Gasteiger partial charge in [0.05, 0.1) is 23.5 Å². The molecule has 1 aliphatic heterocycles. The highest BCUT2D eigenvalue weighted by atomic mass is 16.7. The number of aliphatic hydroxyl groups is 2. The van der Waals surface area contributed by atoms with E-state index in [0.29, 0.717) is 5.46 Å². The van der Waals surface area contributed by atoms with E-state index in [0.717, 1.165) is 0 Å². The largest absolute Gasteiger partial charge is 0.496 e. The average Bonchev–Trinajstić information content (AvgIpc) is 2.74. The van der Waals surface area contributed by atoms with Gasteiger partial charge < -0.3 is 24.3 Å². The predicted octanol–water partition coefficient (Wildman–Crippen LogP) is 0.338. The van der Waals surface area contributed by atoms with Crippen LogP contribution in [0, 0.1) is 0 Å². The van der Waals surface area contributed by atoms with E-state index in [1.54, 1.807) is 13.0 Å². The van der Waals surface area contributed by atoms with Crippen LogP contribution < -0.4 is 5.46 Å². The van der Waals surface area contributed by atoms with E-state index in [1.165, 1.54) is 12.3 Å². The molecule has 0 spiro atoms. The maximum absolute atomic E-state index is 11.5. The molecule has 7 nitrogen and oxygen atoms in total. The minimum absolute atomic E-state index is 0.122. The Morgan fingerprint density at radius 2 is 1.83 bits per heavy atom. The van der Waals surface area contributed by atoms with Crippen LogP contribution in [0.15, 0.2) is 18.3 Å². The van der Waals surface area contributed by atoms with Gasteiger partial charge >= 0.3 is 13.1 Å². The van der Waals surface area contributed by atoms with Gasteiger partial charge in [0, 0.05) is 11.7 Å². The quantitative estimate of drug-likeness (QED) is 0.590. The van der Waals surface area contributed by atoms with Crippen molar-refractivity contribution in [3.8, 4) is 0 Å². The number of hydrogen-bond donors (Lipinski definition) is 2. The van der Waals surface area contributed by atoms with Gasteiger partial charge in [0.2, 0.25) is 0 Å². The van der Waals surface area contributed by atoms with E-state index in [4.69, 9.17) is 9.31 Å². The Morgan fingerprint density at radius 3 is 2.29 bits per heavy atom. The molecule has 8 heteroatoms. The normalized spacial score (nSPS) is 21.4. The molecule has 0 radical (unpaired) electrons. The summed E-state index contributed by atoms with van der Waals surface area (Å²) < 4.78 is 16.5. The number of esters is 1. The first-order valence-corrected chi connectivity index (χ1v) is 7.93. The molecule has 1 aromatic rings. The summed E-state index contributed by atoms with van der Waals surface area (Å²) in [6.45, 7) is 9.55. The van der Waals surface area contributed by atoms with Crippen LogP contribution in [-0.2, 0) is 18.8 Å². The molecule has 132 valence electrons. The van der Waals surface area contributed by atoms with Gasteiger partial charge in [-0.3, -0.25) is 4.98 Å². The monoisotopic (exact) mass is 337 g/mol. The summed E-state index contributed by atoms with van der Waals surface area (Å²) in [6, 6.07) is 3.21. The number of pyridine rings is 1. The Balaban J connectivity index is 2.10. The van der Waals surface area contributed by atoms with Crippen molar-refractivity contribution in [3.63, 3.8) is 0 Å². The van der Waals surface area contributed by atoms with Crippen molar-refractivity contribution in [2.45, 2.75) is 58.0 Å². The minimum Gasteiger partial charge on any atom is -0.464 e. The molecule has 2 N–H and O–H groups in total. The van der Waals surface area contributed by atoms with Gasteiger partial charge in [0.15, 0.2) is 6.10 Å². The SMILES string of the molecule is CCOC(=O)C(O)C(O)c1ccc(B2OC(C)(C)C(C)(C)O2)cn1. The summed E-state index contributed by atoms with van der Waals surface area (Å²) in [5, 5.41) is 19.8. The average molecular weight is 337 g/mol. The Labute approximate surface area is 142 Å². The van der Waals surface area contributed by atoms with Crippen LogP contribution in [-0.4, -0.2) is 52.2 Å². The molecule has 0 bridgehead atoms. The van der Waals surface area contributed by atoms with E-state index >= 15 is 0 Å². The van der Waals surface area contributed by atoms with Gasteiger partial charge in [0.25, 0.3) is 0 Å². The second kappa shape index (κ2) is 6.80. The van der Waals surface area contributed by atoms with Crippen LogP contribution in [0.1, 0.15) is 46.4 Å². The zero-order chi connectivity index (χ0) is 18.1. The Morgan fingerprint density at radius 1 is 1.25 bits per heavy atom. The molecule has 1 aromatic heterocycles. The fraction of sp³-hybridized carbons (Fsp3) is 0.625. The molecule has 0 saturated carbocycles. The number of rotatable bonds is 5. The Kier molecular flexibility index (Phi) is 5.34. The number of hydrogen-bond acceptors (Lipinski definition) is 7. The Bertz CT molecular complexity index is 573. The lowest BCUT2D eigenvalue weighted by Crippen LogP contribution is -2.41. The lowest BCUT2D eigenvalue weighted by molar-refractivity contribution is -0.159. The summed E-state index contributed by atoms with van der Waals surface area (Å²) in [6.07, 6.45) is -1.64. The van der Waals surface area contributed by atoms with E-state index in [9.17, 15) is 15.0 Å². The number of carbonyl (C=O) groups is 1. The number of nitrogens with zero attached hydrogens (tertiary/aromatic N) is 1. The van der Waals surface area contributed by atoms with E-state index in [2.05, 4.69) is 9.72 Å². The van der Waals surface area contributed by atoms with Crippen LogP contribution in [0.25, 0.3) is 0 Å². The van der Waals surface area contributed by atoms with Crippen LogP contribution in [0.4, 0.5) is 0 Å². The van der Waals surface area contributed by atoms with Gasteiger partial charge in [-0.05, 0) is 40.7 Å². The van der Waals surface area contributed by atoms with Gasteiger partial charge in [-0.15, -0.1) is 0 Å². The molecule has 2 unspecified atom stereocenters. The molecular formula is C16H24BNO6. The lowest BCUT2D eigenvalue weighted by atomic mass is 9.80. The zero-order valence-corrected chi connectivity index (χ0v) is 14.6. The Hall–Kier alpha value is -1.48. The first-order chi connectivity index (χ1) is 11.1. The van der Waals surface area contributed by atoms with Crippen LogP contribution in [0.5, 0.6) is 0 Å². The fourth-order valence-corrected chi connectivity index (χ4v) is 2.23. The predicted molar refractivity (Wildman–Crippen MR) is 87.6 cm³/mol. The van der Waals surface area contributed by atoms with Crippen molar-refractivity contribution in [2.75, 3.05) is 6.61 Å². The second-order valence-electron chi connectivity index (χ2n) is 6.75. The molecule has 2 heterocycles. The highest BCUT2D eigenvalue weighted by molar-refractivity contribution is 6.62. The molecule has 0 aromatic carbocycles. The van der Waals surface area contributed by atoms with E-state index in [-0.39, 0.29) is 12.3 Å². The van der Waals surface area contributed by atoms with E-state index < -0.39 is 36.5 Å². The highest BCUT2D eigenvalue weighted by Gasteiger charge is 2.51. The number of aromatic nitrogens is 1. The fourth-order valence-electron chi connectivity index (χ4n) is 2.23.